The van der Waals surface area contributed by atoms with Crippen LogP contribution in [0.5, 0.6) is 0 Å². The van der Waals surface area contributed by atoms with Crippen molar-refractivity contribution < 1.29 is 16.8 Å². The van der Waals surface area contributed by atoms with Crippen LogP contribution in [-0.4, -0.2) is 12.4 Å². The average Bonchev–Trinajstić information content (AvgIpc) is 3.15. The molecule has 0 amide bonds. The molecule has 0 aliphatic carbocycles. The summed E-state index contributed by atoms with van der Waals surface area (Å²) in [7, 11) is 0. The number of allylic oxidation sites excluding steroid dienone is 2. The maximum atomic E-state index is 4.80. The van der Waals surface area contributed by atoms with Crippen LogP contribution in [-0.2, 0) is 16.8 Å². The summed E-state index contributed by atoms with van der Waals surface area (Å²) in [5.74, 6) is 0. The van der Waals surface area contributed by atoms with Crippen LogP contribution in [0.15, 0.2) is 177 Å². The van der Waals surface area contributed by atoms with Crippen LogP contribution < -0.4 is 0 Å². The van der Waals surface area contributed by atoms with E-state index in [2.05, 4.69) is 118 Å². The predicted molar refractivity (Wildman–Crippen MR) is 231 cm³/mol. The third-order valence-electron chi connectivity index (χ3n) is 7.83. The van der Waals surface area contributed by atoms with Gasteiger partial charge in [-0.1, -0.05) is 163 Å². The standard InChI is InChI=1S/2C23H20BrN2.Co/c2*1-17-3-11-21(12-4-17)25-16-15-23(19-7-9-20(24)10-8-19)26-22-13-5-18(2)6-14-22;/h2*3-16H,1-2H3;/q2*-1;+2/b2*23-15-,25-16?;. The second-order valence-corrected chi connectivity index (χ2v) is 14.1. The Morgan fingerprint density at radius 3 is 1.00 bits per heavy atom. The molecule has 0 saturated carbocycles. The summed E-state index contributed by atoms with van der Waals surface area (Å²) >= 11 is 6.96. The van der Waals surface area contributed by atoms with Crippen LogP contribution in [0.4, 0.5) is 22.7 Å². The van der Waals surface area contributed by atoms with E-state index in [9.17, 15) is 0 Å². The molecule has 0 atom stereocenters. The molecule has 6 aromatic carbocycles. The minimum Gasteiger partial charge on any atom is -0.657 e. The number of nitrogens with zero attached hydrogens (tertiary/aromatic N) is 4. The fraction of sp³-hybridized carbons (Fsp3) is 0.0870. The van der Waals surface area contributed by atoms with Gasteiger partial charge in [0, 0.05) is 21.4 Å². The number of aliphatic imine (C=N–C) groups is 2. The normalized spacial score (nSPS) is 11.5. The molecule has 53 heavy (non-hydrogen) atoms. The third kappa shape index (κ3) is 13.9. The molecule has 0 aliphatic rings. The van der Waals surface area contributed by atoms with Gasteiger partial charge in [-0.2, -0.15) is 0 Å². The van der Waals surface area contributed by atoms with Crippen LogP contribution in [0, 0.1) is 27.7 Å². The van der Waals surface area contributed by atoms with Crippen molar-refractivity contribution in [2.45, 2.75) is 27.7 Å². The largest absolute Gasteiger partial charge is 2.00 e. The van der Waals surface area contributed by atoms with Crippen LogP contribution in [0.1, 0.15) is 33.4 Å². The summed E-state index contributed by atoms with van der Waals surface area (Å²) in [5.41, 5.74) is 12.4. The molecule has 0 bridgehead atoms. The van der Waals surface area contributed by atoms with E-state index in [0.29, 0.717) is 0 Å². The molecular weight excluding hydrogens is 827 g/mol. The van der Waals surface area contributed by atoms with Gasteiger partial charge >= 0.3 is 16.8 Å². The van der Waals surface area contributed by atoms with Gasteiger partial charge in [-0.3, -0.25) is 9.98 Å². The Hall–Kier alpha value is -4.79. The summed E-state index contributed by atoms with van der Waals surface area (Å²) in [6, 6.07) is 48.9. The number of hydrogen-bond acceptors (Lipinski definition) is 2. The third-order valence-corrected chi connectivity index (χ3v) is 8.88. The van der Waals surface area contributed by atoms with Gasteiger partial charge in [0.15, 0.2) is 0 Å². The topological polar surface area (TPSA) is 52.9 Å². The van der Waals surface area contributed by atoms with E-state index in [1.165, 1.54) is 22.3 Å². The Labute approximate surface area is 341 Å². The number of rotatable bonds is 10. The maximum Gasteiger partial charge on any atom is 2.00 e. The fourth-order valence-electron chi connectivity index (χ4n) is 4.80. The average molecular weight is 868 g/mol. The van der Waals surface area contributed by atoms with Crippen LogP contribution in [0.3, 0.4) is 0 Å². The SMILES string of the molecule is Cc1ccc(N=C/C=C(\[N-]c2ccc(C)cc2)c2ccc(Br)cc2)cc1.Cc1ccc(N=C/C=C(\[N-]c2ccc(C)cc2)c2ccc(Br)cc2)cc1.[Co+2]. The molecule has 267 valence electrons. The Kier molecular flexibility index (Phi) is 16.3. The molecule has 1 radical (unpaired) electrons. The van der Waals surface area contributed by atoms with Crippen molar-refractivity contribution in [2.24, 2.45) is 9.98 Å². The van der Waals surface area contributed by atoms with Crippen molar-refractivity contribution in [2.75, 3.05) is 0 Å². The van der Waals surface area contributed by atoms with Crippen LogP contribution in [0.2, 0.25) is 0 Å². The number of aryl methyl sites for hydroxylation is 4. The summed E-state index contributed by atoms with van der Waals surface area (Å²) in [5, 5.41) is 9.60. The summed E-state index contributed by atoms with van der Waals surface area (Å²) in [6.07, 6.45) is 7.51. The molecule has 0 unspecified atom stereocenters. The van der Waals surface area contributed by atoms with Crippen molar-refractivity contribution in [1.82, 2.24) is 0 Å². The minimum absolute atomic E-state index is 0. The first-order valence-corrected chi connectivity index (χ1v) is 18.5. The van der Waals surface area contributed by atoms with Crippen molar-refractivity contribution in [1.29, 1.82) is 0 Å². The molecule has 0 aromatic heterocycles. The van der Waals surface area contributed by atoms with Gasteiger partial charge < -0.3 is 10.6 Å². The van der Waals surface area contributed by atoms with Gasteiger partial charge in [0.2, 0.25) is 0 Å². The minimum atomic E-state index is 0. The van der Waals surface area contributed by atoms with Gasteiger partial charge in [-0.15, -0.1) is 22.8 Å². The van der Waals surface area contributed by atoms with Crippen LogP contribution >= 0.6 is 31.9 Å². The summed E-state index contributed by atoms with van der Waals surface area (Å²) in [6.45, 7) is 8.28. The molecule has 7 heteroatoms. The molecule has 6 rings (SSSR count). The van der Waals surface area contributed by atoms with E-state index in [1.54, 1.807) is 12.4 Å². The fourth-order valence-corrected chi connectivity index (χ4v) is 5.33. The van der Waals surface area contributed by atoms with Gasteiger partial charge in [0.05, 0.1) is 11.4 Å². The number of hydrogen-bond donors (Lipinski definition) is 0. The zero-order valence-corrected chi connectivity index (χ0v) is 34.3. The Balaban J connectivity index is 0.000000232. The second kappa shape index (κ2) is 21.0. The number of halogens is 2. The van der Waals surface area contributed by atoms with E-state index in [1.807, 2.05) is 109 Å². The quantitative estimate of drug-likeness (QED) is 0.123. The molecule has 0 aliphatic heterocycles. The smallest absolute Gasteiger partial charge is 0.657 e. The first-order chi connectivity index (χ1) is 25.2. The molecule has 0 heterocycles. The molecule has 4 nitrogen and oxygen atoms in total. The zero-order valence-electron chi connectivity index (χ0n) is 30.0. The van der Waals surface area contributed by atoms with Crippen molar-refractivity contribution in [3.8, 4) is 0 Å². The van der Waals surface area contributed by atoms with E-state index in [-0.39, 0.29) is 16.8 Å². The van der Waals surface area contributed by atoms with Crippen molar-refractivity contribution >= 4 is 78.4 Å². The summed E-state index contributed by atoms with van der Waals surface area (Å²) in [4.78, 5) is 9.03. The van der Waals surface area contributed by atoms with Gasteiger partial charge in [-0.05, 0) is 87.4 Å². The maximum absolute atomic E-state index is 4.80. The molecule has 0 N–H and O–H groups in total. The molecule has 6 aromatic rings. The Morgan fingerprint density at radius 2 is 0.698 bits per heavy atom. The molecular formula is C46H40Br2CoN4. The first kappa shape index (κ1) is 41.0. The molecule has 0 spiro atoms. The van der Waals surface area contributed by atoms with Crippen molar-refractivity contribution in [3.05, 3.63) is 211 Å². The molecule has 0 saturated heterocycles. The first-order valence-electron chi connectivity index (χ1n) is 16.9. The van der Waals surface area contributed by atoms with E-state index in [4.69, 9.17) is 10.6 Å². The van der Waals surface area contributed by atoms with E-state index in [0.717, 1.165) is 54.2 Å². The predicted octanol–water partition coefficient (Wildman–Crippen LogP) is 15.0. The van der Waals surface area contributed by atoms with E-state index >= 15 is 0 Å². The van der Waals surface area contributed by atoms with Gasteiger partial charge in [0.25, 0.3) is 0 Å². The zero-order chi connectivity index (χ0) is 36.7. The van der Waals surface area contributed by atoms with E-state index < -0.39 is 0 Å². The van der Waals surface area contributed by atoms with Crippen molar-refractivity contribution in [3.63, 3.8) is 0 Å². The Bertz CT molecular complexity index is 1980. The monoisotopic (exact) mass is 865 g/mol. The van der Waals surface area contributed by atoms with Gasteiger partial charge in [-0.25, -0.2) is 0 Å². The molecule has 0 fully saturated rings. The Morgan fingerprint density at radius 1 is 0.415 bits per heavy atom. The summed E-state index contributed by atoms with van der Waals surface area (Å²) < 4.78 is 2.09. The number of benzene rings is 6. The van der Waals surface area contributed by atoms with Gasteiger partial charge in [0.1, 0.15) is 0 Å². The second-order valence-electron chi connectivity index (χ2n) is 12.2. The van der Waals surface area contributed by atoms with Crippen LogP contribution in [0.25, 0.3) is 22.0 Å².